The average Bonchev–Trinajstić information content (AvgIpc) is 2.35. The predicted molar refractivity (Wildman–Crippen MR) is 64.3 cm³/mol. The molecule has 0 nitrogen and oxygen atoms in total. The lowest BCUT2D eigenvalue weighted by molar-refractivity contribution is 0.349. The summed E-state index contributed by atoms with van der Waals surface area (Å²) >= 11 is 0. The normalized spacial score (nSPS) is 15.1. The summed E-state index contributed by atoms with van der Waals surface area (Å²) in [5.74, 6) is -6.32. The molecule has 0 radical (unpaired) electrons. The Morgan fingerprint density at radius 1 is 0.833 bits per heavy atom. The molecule has 0 amide bonds. The monoisotopic (exact) mass is 258 g/mol. The molecule has 0 saturated heterocycles. The van der Waals surface area contributed by atoms with Crippen LogP contribution in [0.2, 0.25) is 0 Å². The van der Waals surface area contributed by atoms with Crippen molar-refractivity contribution in [1.82, 2.24) is 0 Å². The lowest BCUT2D eigenvalue weighted by Gasteiger charge is -2.16. The van der Waals surface area contributed by atoms with E-state index in [9.17, 15) is 17.6 Å². The van der Waals surface area contributed by atoms with Crippen LogP contribution in [-0.4, -0.2) is 0 Å². The summed E-state index contributed by atoms with van der Waals surface area (Å²) in [5, 5.41) is 0. The molecule has 0 unspecified atom stereocenters. The summed E-state index contributed by atoms with van der Waals surface area (Å²) in [7, 11) is 0. The minimum atomic E-state index is -1.81. The van der Waals surface area contributed by atoms with Crippen LogP contribution in [0.25, 0.3) is 5.83 Å². The second kappa shape index (κ2) is 5.38. The molecule has 0 atom stereocenters. The van der Waals surface area contributed by atoms with Crippen molar-refractivity contribution in [3.8, 4) is 0 Å². The van der Waals surface area contributed by atoms with E-state index < -0.39 is 28.7 Å². The van der Waals surface area contributed by atoms with Gasteiger partial charge in [-0.25, -0.2) is 17.6 Å². The molecule has 0 spiro atoms. The van der Waals surface area contributed by atoms with E-state index in [1.165, 1.54) is 45.0 Å². The fourth-order valence-electron chi connectivity index (χ4n) is 1.23. The molecule has 0 aliphatic rings. The van der Waals surface area contributed by atoms with Gasteiger partial charge in [-0.05, 0) is 0 Å². The van der Waals surface area contributed by atoms with E-state index >= 15 is 0 Å². The van der Waals surface area contributed by atoms with Crippen LogP contribution >= 0.6 is 0 Å². The molecule has 0 fully saturated rings. The van der Waals surface area contributed by atoms with Crippen molar-refractivity contribution in [3.63, 3.8) is 0 Å². The van der Waals surface area contributed by atoms with Gasteiger partial charge in [0.05, 0.1) is 0 Å². The van der Waals surface area contributed by atoms with Crippen LogP contribution in [0.4, 0.5) is 17.6 Å². The Kier molecular flexibility index (Phi) is 4.33. The first-order chi connectivity index (χ1) is 8.25. The highest BCUT2D eigenvalue weighted by Crippen LogP contribution is 2.36. The zero-order valence-corrected chi connectivity index (χ0v) is 10.4. The molecule has 1 aromatic rings. The number of allylic oxidation sites excluding steroid dienone is 3. The fourth-order valence-corrected chi connectivity index (χ4v) is 1.23. The molecule has 1 rings (SSSR count). The van der Waals surface area contributed by atoms with Crippen LogP contribution < -0.4 is 0 Å². The summed E-state index contributed by atoms with van der Waals surface area (Å²) in [6.45, 7) is 4.11. The van der Waals surface area contributed by atoms with Gasteiger partial charge in [-0.3, -0.25) is 0 Å². The molecule has 0 bridgehead atoms. The molecular weight excluding hydrogens is 244 g/mol. The Morgan fingerprint density at radius 2 is 1.33 bits per heavy atom. The number of benzene rings is 1. The average molecular weight is 258 g/mol. The van der Waals surface area contributed by atoms with E-state index in [0.717, 1.165) is 0 Å². The Morgan fingerprint density at radius 3 is 1.78 bits per heavy atom. The molecule has 98 valence electrons. The van der Waals surface area contributed by atoms with Crippen molar-refractivity contribution >= 4 is 5.83 Å². The van der Waals surface area contributed by atoms with E-state index in [4.69, 9.17) is 0 Å². The summed E-state index contributed by atoms with van der Waals surface area (Å²) < 4.78 is 54.0. The molecule has 1 aromatic carbocycles. The van der Waals surface area contributed by atoms with Crippen LogP contribution in [0.5, 0.6) is 0 Å². The van der Waals surface area contributed by atoms with Gasteiger partial charge >= 0.3 is 0 Å². The lowest BCUT2D eigenvalue weighted by atomic mass is 9.94. The van der Waals surface area contributed by atoms with E-state index in [-0.39, 0.29) is 5.56 Å². The van der Waals surface area contributed by atoms with Crippen LogP contribution in [0.1, 0.15) is 26.3 Å². The van der Waals surface area contributed by atoms with Gasteiger partial charge in [-0.2, -0.15) is 0 Å². The summed E-state index contributed by atoms with van der Waals surface area (Å²) in [6.07, 6.45) is 0. The van der Waals surface area contributed by atoms with Gasteiger partial charge in [-0.1, -0.05) is 51.1 Å². The van der Waals surface area contributed by atoms with E-state index in [2.05, 4.69) is 0 Å². The Hall–Kier alpha value is -1.58. The summed E-state index contributed by atoms with van der Waals surface area (Å²) in [5.41, 5.74) is -1.34. The van der Waals surface area contributed by atoms with Crippen molar-refractivity contribution in [2.24, 2.45) is 5.41 Å². The standard InChI is InChI=1S/C14H14F4/c1-14(2,3)13(18)12(17)11(16)10(15)9-7-5-4-6-8-9/h4-8H,1-3H3/b11-10+,13-12+. The zero-order valence-electron chi connectivity index (χ0n) is 10.4. The highest BCUT2D eigenvalue weighted by atomic mass is 19.2. The van der Waals surface area contributed by atoms with Gasteiger partial charge in [0.2, 0.25) is 0 Å². The largest absolute Gasteiger partial charge is 0.208 e. The van der Waals surface area contributed by atoms with Gasteiger partial charge in [0.25, 0.3) is 0 Å². The molecule has 4 heteroatoms. The molecule has 0 heterocycles. The van der Waals surface area contributed by atoms with E-state index in [1.807, 2.05) is 0 Å². The molecule has 0 N–H and O–H groups in total. The first-order valence-corrected chi connectivity index (χ1v) is 5.42. The maximum absolute atomic E-state index is 13.6. The molecular formula is C14H14F4. The highest BCUT2D eigenvalue weighted by Gasteiger charge is 2.26. The number of halogens is 4. The Bertz CT molecular complexity index is 478. The van der Waals surface area contributed by atoms with Crippen LogP contribution in [0, 0.1) is 5.41 Å². The van der Waals surface area contributed by atoms with Crippen LogP contribution in [0.15, 0.2) is 47.8 Å². The van der Waals surface area contributed by atoms with Gasteiger partial charge < -0.3 is 0 Å². The fraction of sp³-hybridized carbons (Fsp3) is 0.286. The topological polar surface area (TPSA) is 0 Å². The first-order valence-electron chi connectivity index (χ1n) is 5.42. The van der Waals surface area contributed by atoms with Crippen LogP contribution in [-0.2, 0) is 0 Å². The van der Waals surface area contributed by atoms with Crippen LogP contribution in [0.3, 0.4) is 0 Å². The minimum absolute atomic E-state index is 0.133. The van der Waals surface area contributed by atoms with Crippen molar-refractivity contribution in [2.75, 3.05) is 0 Å². The first kappa shape index (κ1) is 14.5. The molecule has 0 aliphatic carbocycles. The van der Waals surface area contributed by atoms with Crippen molar-refractivity contribution < 1.29 is 17.6 Å². The van der Waals surface area contributed by atoms with Gasteiger partial charge in [-0.15, -0.1) is 0 Å². The third-order valence-electron chi connectivity index (χ3n) is 2.26. The molecule has 0 aromatic heterocycles. The third-order valence-corrected chi connectivity index (χ3v) is 2.26. The smallest absolute Gasteiger partial charge is 0.197 e. The maximum atomic E-state index is 13.6. The number of hydrogen-bond donors (Lipinski definition) is 0. The second-order valence-electron chi connectivity index (χ2n) is 4.87. The van der Waals surface area contributed by atoms with Crippen molar-refractivity contribution in [3.05, 3.63) is 53.4 Å². The van der Waals surface area contributed by atoms with Gasteiger partial charge in [0.15, 0.2) is 17.5 Å². The molecule has 18 heavy (non-hydrogen) atoms. The Balaban J connectivity index is 3.26. The molecule has 0 aliphatic heterocycles. The van der Waals surface area contributed by atoms with Gasteiger partial charge in [0.1, 0.15) is 5.83 Å². The third kappa shape index (κ3) is 3.22. The highest BCUT2D eigenvalue weighted by molar-refractivity contribution is 5.64. The predicted octanol–water partition coefficient (Wildman–Crippen LogP) is 5.49. The van der Waals surface area contributed by atoms with E-state index in [1.54, 1.807) is 6.07 Å². The maximum Gasteiger partial charge on any atom is 0.197 e. The summed E-state index contributed by atoms with van der Waals surface area (Å²) in [4.78, 5) is 0. The Labute approximate surface area is 104 Å². The number of hydrogen-bond acceptors (Lipinski definition) is 0. The van der Waals surface area contributed by atoms with Gasteiger partial charge in [0, 0.05) is 11.0 Å². The van der Waals surface area contributed by atoms with Crippen molar-refractivity contribution in [1.29, 1.82) is 0 Å². The summed E-state index contributed by atoms with van der Waals surface area (Å²) in [6, 6.07) is 7.11. The lowest BCUT2D eigenvalue weighted by Crippen LogP contribution is -2.07. The van der Waals surface area contributed by atoms with Crippen molar-refractivity contribution in [2.45, 2.75) is 20.8 Å². The minimum Gasteiger partial charge on any atom is -0.208 e. The SMILES string of the molecule is CC(C)(C)/C(F)=C(F)/C(F)=C(\F)c1ccccc1. The number of rotatable bonds is 2. The quantitative estimate of drug-likeness (QED) is 0.486. The second-order valence-corrected chi connectivity index (χ2v) is 4.87. The van der Waals surface area contributed by atoms with E-state index in [0.29, 0.717) is 0 Å². The molecule has 0 saturated carbocycles. The zero-order chi connectivity index (χ0) is 13.9.